The molecule has 7 nitrogen and oxygen atoms in total. The van der Waals surface area contributed by atoms with Crippen LogP contribution >= 0.6 is 0 Å². The van der Waals surface area contributed by atoms with Gasteiger partial charge in [-0.05, 0) is 56.2 Å². The van der Waals surface area contributed by atoms with Crippen molar-refractivity contribution in [2.75, 3.05) is 37.6 Å². The first-order valence-corrected chi connectivity index (χ1v) is 10.4. The first-order chi connectivity index (χ1) is 14.8. The topological polar surface area (TPSA) is 77.1 Å². The number of nitrogens with zero attached hydrogens (tertiary/aromatic N) is 1. The maximum atomic E-state index is 13.0. The minimum atomic E-state index is -0.620. The van der Waals surface area contributed by atoms with Crippen LogP contribution in [0.2, 0.25) is 0 Å². The van der Waals surface area contributed by atoms with Crippen molar-refractivity contribution >= 4 is 23.2 Å². The number of ether oxygens (including phenoxy) is 3. The number of rotatable bonds is 7. The Bertz CT molecular complexity index is 970. The summed E-state index contributed by atoms with van der Waals surface area (Å²) in [6.45, 7) is 6.69. The molecule has 2 aromatic rings. The fourth-order valence-corrected chi connectivity index (χ4v) is 3.55. The van der Waals surface area contributed by atoms with Crippen molar-refractivity contribution < 1.29 is 23.8 Å². The summed E-state index contributed by atoms with van der Waals surface area (Å²) >= 11 is 0. The summed E-state index contributed by atoms with van der Waals surface area (Å²) in [7, 11) is 3.13. The van der Waals surface area contributed by atoms with E-state index in [9.17, 15) is 9.59 Å². The van der Waals surface area contributed by atoms with Crippen LogP contribution < -0.4 is 24.4 Å². The van der Waals surface area contributed by atoms with Gasteiger partial charge in [0.25, 0.3) is 0 Å². The van der Waals surface area contributed by atoms with Gasteiger partial charge in [-0.1, -0.05) is 13.0 Å². The monoisotopic (exact) mass is 426 g/mol. The number of carbonyl (C=O) groups is 2. The van der Waals surface area contributed by atoms with Gasteiger partial charge >= 0.3 is 0 Å². The number of hydrogen-bond acceptors (Lipinski definition) is 5. The van der Waals surface area contributed by atoms with Crippen molar-refractivity contribution in [3.63, 3.8) is 0 Å². The number of fused-ring (bicyclic) bond motifs is 1. The second-order valence-electron chi connectivity index (χ2n) is 8.23. The fraction of sp³-hybridized carbons (Fsp3) is 0.417. The highest BCUT2D eigenvalue weighted by Crippen LogP contribution is 2.38. The molecule has 0 radical (unpaired) electrons. The van der Waals surface area contributed by atoms with E-state index in [-0.39, 0.29) is 18.2 Å². The summed E-state index contributed by atoms with van der Waals surface area (Å²) in [5.74, 6) is 1.68. The van der Waals surface area contributed by atoms with E-state index in [4.69, 9.17) is 14.2 Å². The van der Waals surface area contributed by atoms with Gasteiger partial charge in [0.2, 0.25) is 11.8 Å². The normalized spacial score (nSPS) is 14.9. The van der Waals surface area contributed by atoms with E-state index in [2.05, 4.69) is 5.32 Å². The number of methoxy groups -OCH3 is 2. The Hall–Kier alpha value is -3.22. The van der Waals surface area contributed by atoms with Gasteiger partial charge < -0.3 is 24.4 Å². The molecular weight excluding hydrogens is 396 g/mol. The third-order valence-corrected chi connectivity index (χ3v) is 5.21. The van der Waals surface area contributed by atoms with Crippen LogP contribution in [0.4, 0.5) is 11.4 Å². The van der Waals surface area contributed by atoms with Crippen molar-refractivity contribution in [2.24, 2.45) is 5.41 Å². The number of amides is 2. The zero-order chi connectivity index (χ0) is 22.6. The van der Waals surface area contributed by atoms with Gasteiger partial charge in [-0.2, -0.15) is 0 Å². The number of nitrogens with one attached hydrogen (secondary N) is 1. The summed E-state index contributed by atoms with van der Waals surface area (Å²) < 4.78 is 16.5. The van der Waals surface area contributed by atoms with E-state index in [0.29, 0.717) is 41.8 Å². The predicted molar refractivity (Wildman–Crippen MR) is 120 cm³/mol. The van der Waals surface area contributed by atoms with Crippen LogP contribution in [0.25, 0.3) is 0 Å². The number of benzene rings is 2. The number of carbonyl (C=O) groups excluding carboxylic acids is 2. The molecule has 31 heavy (non-hydrogen) atoms. The first-order valence-electron chi connectivity index (χ1n) is 10.4. The second-order valence-corrected chi connectivity index (χ2v) is 8.23. The minimum Gasteiger partial charge on any atom is -0.493 e. The summed E-state index contributed by atoms with van der Waals surface area (Å²) in [5.41, 5.74) is 1.48. The van der Waals surface area contributed by atoms with E-state index in [1.807, 2.05) is 26.8 Å². The standard InChI is InChI=1S/C24H30N2O5/c1-6-11-26-18-14-17(8-10-19(18)31-15-24(2,3)23(26)28)25-22(27)13-16-7-9-20(29-4)21(12-16)30-5/h7-10,12,14H,6,11,13,15H2,1-5H3,(H,25,27). The SMILES string of the molecule is CCCN1C(=O)C(C)(C)COc2ccc(NC(=O)Cc3ccc(OC)c(OC)c3)cc21. The summed E-state index contributed by atoms with van der Waals surface area (Å²) in [5, 5.41) is 2.92. The molecule has 0 saturated heterocycles. The summed E-state index contributed by atoms with van der Waals surface area (Å²) in [6, 6.07) is 10.8. The van der Waals surface area contributed by atoms with Gasteiger partial charge in [-0.3, -0.25) is 9.59 Å². The van der Waals surface area contributed by atoms with Crippen molar-refractivity contribution in [3.8, 4) is 17.2 Å². The van der Waals surface area contributed by atoms with Crippen LogP contribution in [0, 0.1) is 5.41 Å². The molecule has 0 bridgehead atoms. The molecule has 0 aromatic heterocycles. The lowest BCUT2D eigenvalue weighted by Crippen LogP contribution is -2.42. The average Bonchev–Trinajstić information content (AvgIpc) is 2.84. The van der Waals surface area contributed by atoms with Gasteiger partial charge in [0.1, 0.15) is 12.4 Å². The molecule has 7 heteroatoms. The van der Waals surface area contributed by atoms with E-state index in [1.54, 1.807) is 49.5 Å². The van der Waals surface area contributed by atoms with Crippen molar-refractivity contribution in [2.45, 2.75) is 33.6 Å². The molecule has 0 saturated carbocycles. The average molecular weight is 427 g/mol. The molecule has 0 unspecified atom stereocenters. The molecule has 1 aliphatic rings. The summed E-state index contributed by atoms with van der Waals surface area (Å²) in [4.78, 5) is 27.5. The molecule has 0 atom stereocenters. The number of hydrogen-bond donors (Lipinski definition) is 1. The minimum absolute atomic E-state index is 0.0157. The maximum Gasteiger partial charge on any atom is 0.236 e. The van der Waals surface area contributed by atoms with Gasteiger partial charge in [-0.25, -0.2) is 0 Å². The second kappa shape index (κ2) is 9.29. The highest BCUT2D eigenvalue weighted by Gasteiger charge is 2.37. The van der Waals surface area contributed by atoms with Crippen LogP contribution in [0.15, 0.2) is 36.4 Å². The van der Waals surface area contributed by atoms with Crippen molar-refractivity contribution in [1.82, 2.24) is 0 Å². The van der Waals surface area contributed by atoms with E-state index in [1.165, 1.54) is 0 Å². The third kappa shape index (κ3) is 4.93. The van der Waals surface area contributed by atoms with E-state index < -0.39 is 5.41 Å². The smallest absolute Gasteiger partial charge is 0.236 e. The Morgan fingerprint density at radius 1 is 1.13 bits per heavy atom. The van der Waals surface area contributed by atoms with Crippen LogP contribution in [0.1, 0.15) is 32.8 Å². The molecule has 1 N–H and O–H groups in total. The molecule has 0 aliphatic carbocycles. The zero-order valence-corrected chi connectivity index (χ0v) is 18.8. The lowest BCUT2D eigenvalue weighted by Gasteiger charge is -2.27. The van der Waals surface area contributed by atoms with Crippen LogP contribution in [-0.4, -0.2) is 39.2 Å². The van der Waals surface area contributed by atoms with Gasteiger partial charge in [0.15, 0.2) is 11.5 Å². The fourth-order valence-electron chi connectivity index (χ4n) is 3.55. The molecule has 1 aliphatic heterocycles. The van der Waals surface area contributed by atoms with Crippen LogP contribution in [0.3, 0.4) is 0 Å². The van der Waals surface area contributed by atoms with Crippen molar-refractivity contribution in [3.05, 3.63) is 42.0 Å². The Morgan fingerprint density at radius 3 is 2.55 bits per heavy atom. The van der Waals surface area contributed by atoms with Crippen LogP contribution in [0.5, 0.6) is 17.2 Å². The number of anilines is 2. The summed E-state index contributed by atoms with van der Waals surface area (Å²) in [6.07, 6.45) is 0.996. The highest BCUT2D eigenvalue weighted by atomic mass is 16.5. The molecule has 2 aromatic carbocycles. The maximum absolute atomic E-state index is 13.0. The first kappa shape index (κ1) is 22.5. The quantitative estimate of drug-likeness (QED) is 0.723. The van der Waals surface area contributed by atoms with Gasteiger partial charge in [-0.15, -0.1) is 0 Å². The van der Waals surface area contributed by atoms with Gasteiger partial charge in [0, 0.05) is 12.2 Å². The zero-order valence-electron chi connectivity index (χ0n) is 18.8. The highest BCUT2D eigenvalue weighted by molar-refractivity contribution is 6.00. The predicted octanol–water partition coefficient (Wildman–Crippen LogP) is 4.05. The lowest BCUT2D eigenvalue weighted by molar-refractivity contribution is -0.127. The van der Waals surface area contributed by atoms with E-state index >= 15 is 0 Å². The largest absolute Gasteiger partial charge is 0.493 e. The van der Waals surface area contributed by atoms with Crippen LogP contribution in [-0.2, 0) is 16.0 Å². The Labute approximate surface area is 183 Å². The van der Waals surface area contributed by atoms with Gasteiger partial charge in [0.05, 0.1) is 31.7 Å². The Kier molecular flexibility index (Phi) is 6.73. The molecule has 0 fully saturated rings. The molecule has 2 amide bonds. The third-order valence-electron chi connectivity index (χ3n) is 5.21. The molecule has 1 heterocycles. The molecule has 166 valence electrons. The Morgan fingerprint density at radius 2 is 1.87 bits per heavy atom. The molecule has 3 rings (SSSR count). The molecule has 0 spiro atoms. The van der Waals surface area contributed by atoms with E-state index in [0.717, 1.165) is 12.0 Å². The lowest BCUT2D eigenvalue weighted by atomic mass is 9.93. The molecular formula is C24H30N2O5. The Balaban J connectivity index is 1.80. The van der Waals surface area contributed by atoms with Crippen molar-refractivity contribution in [1.29, 1.82) is 0 Å².